The molecule has 0 saturated heterocycles. The van der Waals surface area contributed by atoms with Crippen molar-refractivity contribution in [3.8, 4) is 0 Å². The van der Waals surface area contributed by atoms with Crippen LogP contribution in [0, 0.1) is 6.92 Å². The Kier molecular flexibility index (Phi) is 5.94. The molecule has 0 aromatic carbocycles. The lowest BCUT2D eigenvalue weighted by Crippen LogP contribution is -2.31. The molecule has 136 valence electrons. The van der Waals surface area contributed by atoms with Crippen LogP contribution in [0.1, 0.15) is 55.4 Å². The van der Waals surface area contributed by atoms with E-state index in [1.165, 1.54) is 10.9 Å². The molecule has 0 aliphatic heterocycles. The third-order valence-corrected chi connectivity index (χ3v) is 4.87. The Labute approximate surface area is 149 Å². The number of fused-ring (bicyclic) bond motifs is 1. The number of hydrogen-bond donors (Lipinski definition) is 0. The van der Waals surface area contributed by atoms with Gasteiger partial charge in [-0.15, -0.1) is 11.3 Å². The van der Waals surface area contributed by atoms with Crippen molar-refractivity contribution in [1.82, 2.24) is 9.55 Å². The summed E-state index contributed by atoms with van der Waals surface area (Å²) in [4.78, 5) is 42.3. The van der Waals surface area contributed by atoms with Gasteiger partial charge < -0.3 is 9.47 Å². The molecule has 0 aliphatic carbocycles. The fraction of sp³-hybridized carbons (Fsp3) is 0.529. The molecule has 0 amide bonds. The van der Waals surface area contributed by atoms with Gasteiger partial charge in [0.15, 0.2) is 0 Å². The van der Waals surface area contributed by atoms with Crippen molar-refractivity contribution in [2.75, 3.05) is 6.61 Å². The number of ether oxygens (including phenoxy) is 2. The maximum absolute atomic E-state index is 12.9. The summed E-state index contributed by atoms with van der Waals surface area (Å²) in [5.41, 5.74) is 0.165. The van der Waals surface area contributed by atoms with E-state index in [0.717, 1.165) is 11.3 Å². The highest BCUT2D eigenvalue weighted by Crippen LogP contribution is 2.28. The van der Waals surface area contributed by atoms with E-state index in [1.54, 1.807) is 34.6 Å². The molecule has 1 atom stereocenters. The average molecular weight is 366 g/mol. The predicted molar refractivity (Wildman–Crippen MR) is 95.1 cm³/mol. The summed E-state index contributed by atoms with van der Waals surface area (Å²) in [5.74, 6) is -0.945. The van der Waals surface area contributed by atoms with E-state index in [9.17, 15) is 14.4 Å². The molecule has 0 saturated carbocycles. The van der Waals surface area contributed by atoms with Crippen molar-refractivity contribution >= 4 is 33.5 Å². The second-order valence-electron chi connectivity index (χ2n) is 5.82. The van der Waals surface area contributed by atoms with Gasteiger partial charge in [0.25, 0.3) is 5.56 Å². The maximum Gasteiger partial charge on any atom is 0.348 e. The number of aryl methyl sites for hydroxylation is 1. The lowest BCUT2D eigenvalue weighted by molar-refractivity contribution is -0.147. The molecule has 0 N–H and O–H groups in total. The van der Waals surface area contributed by atoms with Crippen LogP contribution in [0.15, 0.2) is 11.1 Å². The summed E-state index contributed by atoms with van der Waals surface area (Å²) in [6, 6.07) is -0.741. The fourth-order valence-electron chi connectivity index (χ4n) is 2.54. The van der Waals surface area contributed by atoms with E-state index in [-0.39, 0.29) is 18.3 Å². The van der Waals surface area contributed by atoms with Crippen LogP contribution in [0.4, 0.5) is 0 Å². The minimum Gasteiger partial charge on any atom is -0.464 e. The third kappa shape index (κ3) is 3.73. The van der Waals surface area contributed by atoms with E-state index in [4.69, 9.17) is 9.47 Å². The Bertz CT molecular complexity index is 853. The highest BCUT2D eigenvalue weighted by molar-refractivity contribution is 7.20. The van der Waals surface area contributed by atoms with Crippen molar-refractivity contribution in [3.05, 3.63) is 27.1 Å². The van der Waals surface area contributed by atoms with Gasteiger partial charge in [0, 0.05) is 0 Å². The van der Waals surface area contributed by atoms with Gasteiger partial charge in [0.05, 0.1) is 24.4 Å². The molecule has 0 unspecified atom stereocenters. The molecule has 2 heterocycles. The highest BCUT2D eigenvalue weighted by Gasteiger charge is 2.25. The van der Waals surface area contributed by atoms with Gasteiger partial charge in [-0.05, 0) is 39.7 Å². The molecule has 2 aromatic heterocycles. The quantitative estimate of drug-likeness (QED) is 0.731. The number of rotatable bonds is 6. The second-order valence-corrected chi connectivity index (χ2v) is 6.82. The Morgan fingerprint density at radius 2 is 2.00 bits per heavy atom. The minimum atomic E-state index is -0.741. The van der Waals surface area contributed by atoms with Crippen molar-refractivity contribution in [1.29, 1.82) is 0 Å². The van der Waals surface area contributed by atoms with Gasteiger partial charge in [0.1, 0.15) is 15.7 Å². The van der Waals surface area contributed by atoms with E-state index in [2.05, 4.69) is 4.98 Å². The molecule has 2 aromatic rings. The van der Waals surface area contributed by atoms with Crippen LogP contribution >= 0.6 is 11.3 Å². The van der Waals surface area contributed by atoms with E-state index in [0.29, 0.717) is 27.1 Å². The molecule has 0 aliphatic rings. The van der Waals surface area contributed by atoms with E-state index < -0.39 is 18.0 Å². The standard InChI is InChI=1S/C17H22N2O5S/c1-6-11(16(21)23-7-2)19-8-18-14-12(15(19)20)10(5)13(25-14)17(22)24-9(3)4/h8-9,11H,6-7H2,1-5H3/t11-/m0/s1. The van der Waals surface area contributed by atoms with Crippen molar-refractivity contribution < 1.29 is 19.1 Å². The molecular weight excluding hydrogens is 344 g/mol. The number of esters is 2. The Morgan fingerprint density at radius 3 is 2.56 bits per heavy atom. The molecule has 2 rings (SSSR count). The van der Waals surface area contributed by atoms with Crippen LogP contribution in [-0.2, 0) is 14.3 Å². The summed E-state index contributed by atoms with van der Waals surface area (Å²) < 4.78 is 11.5. The maximum atomic E-state index is 12.9. The van der Waals surface area contributed by atoms with Crippen molar-refractivity contribution in [2.45, 2.75) is 53.2 Å². The monoisotopic (exact) mass is 366 g/mol. The number of hydrogen-bond acceptors (Lipinski definition) is 7. The van der Waals surface area contributed by atoms with Gasteiger partial charge in [-0.25, -0.2) is 14.6 Å². The number of aromatic nitrogens is 2. The molecule has 25 heavy (non-hydrogen) atoms. The number of carbonyl (C=O) groups excluding carboxylic acids is 2. The zero-order chi connectivity index (χ0) is 18.7. The first-order valence-corrected chi connectivity index (χ1v) is 9.01. The summed E-state index contributed by atoms with van der Waals surface area (Å²) in [5, 5.41) is 0.339. The van der Waals surface area contributed by atoms with Gasteiger partial charge in [-0.3, -0.25) is 9.36 Å². The van der Waals surface area contributed by atoms with Gasteiger partial charge in [0.2, 0.25) is 0 Å². The predicted octanol–water partition coefficient (Wildman–Crippen LogP) is 2.85. The average Bonchev–Trinajstić information content (AvgIpc) is 2.87. The summed E-state index contributed by atoms with van der Waals surface area (Å²) in [6.07, 6.45) is 1.48. The second kappa shape index (κ2) is 7.77. The van der Waals surface area contributed by atoms with Crippen LogP contribution in [0.2, 0.25) is 0 Å². The van der Waals surface area contributed by atoms with Crippen LogP contribution in [-0.4, -0.2) is 34.2 Å². The van der Waals surface area contributed by atoms with Crippen LogP contribution in [0.25, 0.3) is 10.2 Å². The molecule has 0 fully saturated rings. The molecule has 7 nitrogen and oxygen atoms in total. The summed E-state index contributed by atoms with van der Waals surface area (Å²) >= 11 is 1.12. The first kappa shape index (κ1) is 19.1. The molecule has 0 bridgehead atoms. The van der Waals surface area contributed by atoms with Crippen molar-refractivity contribution in [3.63, 3.8) is 0 Å². The van der Waals surface area contributed by atoms with Gasteiger partial charge in [-0.2, -0.15) is 0 Å². The van der Waals surface area contributed by atoms with Crippen molar-refractivity contribution in [2.24, 2.45) is 0 Å². The van der Waals surface area contributed by atoms with Gasteiger partial charge >= 0.3 is 11.9 Å². The first-order valence-electron chi connectivity index (χ1n) is 8.19. The summed E-state index contributed by atoms with van der Waals surface area (Å²) in [7, 11) is 0. The minimum absolute atomic E-state index is 0.239. The number of nitrogens with zero attached hydrogens (tertiary/aromatic N) is 2. The fourth-order valence-corrected chi connectivity index (χ4v) is 3.56. The van der Waals surface area contributed by atoms with Crippen LogP contribution in [0.3, 0.4) is 0 Å². The normalized spacial score (nSPS) is 12.4. The van der Waals surface area contributed by atoms with Gasteiger partial charge in [-0.1, -0.05) is 6.92 Å². The number of carbonyl (C=O) groups is 2. The highest BCUT2D eigenvalue weighted by atomic mass is 32.1. The lowest BCUT2D eigenvalue weighted by Gasteiger charge is -2.16. The molecule has 8 heteroatoms. The summed E-state index contributed by atoms with van der Waals surface area (Å²) in [6.45, 7) is 8.96. The van der Waals surface area contributed by atoms with E-state index >= 15 is 0 Å². The Balaban J connectivity index is 2.56. The Morgan fingerprint density at radius 1 is 1.32 bits per heavy atom. The molecule has 0 radical (unpaired) electrons. The lowest BCUT2D eigenvalue weighted by atomic mass is 10.2. The van der Waals surface area contributed by atoms with Crippen LogP contribution in [0.5, 0.6) is 0 Å². The molecule has 0 spiro atoms. The largest absolute Gasteiger partial charge is 0.464 e. The third-order valence-electron chi connectivity index (χ3n) is 3.69. The zero-order valence-electron chi connectivity index (χ0n) is 15.0. The number of thiophene rings is 1. The van der Waals surface area contributed by atoms with Crippen LogP contribution < -0.4 is 5.56 Å². The molecular formula is C17H22N2O5S. The first-order chi connectivity index (χ1) is 11.8. The zero-order valence-corrected chi connectivity index (χ0v) is 15.8. The van der Waals surface area contributed by atoms with E-state index in [1.807, 2.05) is 0 Å². The smallest absolute Gasteiger partial charge is 0.348 e. The topological polar surface area (TPSA) is 87.5 Å². The Hall–Kier alpha value is -2.22. The SMILES string of the molecule is CCOC(=O)[C@H](CC)n1cnc2sc(C(=O)OC(C)C)c(C)c2c1=O.